The second-order valence-electron chi connectivity index (χ2n) is 9.29. The van der Waals surface area contributed by atoms with Crippen molar-refractivity contribution in [2.75, 3.05) is 20.2 Å². The minimum atomic E-state index is -0.683. The van der Waals surface area contributed by atoms with Gasteiger partial charge in [0.2, 0.25) is 5.91 Å². The number of hydrogen-bond donors (Lipinski definition) is 1. The molecular weight excluding hydrogens is 416 g/mol. The minimum absolute atomic E-state index is 0.105. The van der Waals surface area contributed by atoms with Crippen molar-refractivity contribution in [3.05, 3.63) is 64.1 Å². The van der Waals surface area contributed by atoms with Crippen molar-refractivity contribution in [1.82, 2.24) is 14.0 Å². The fourth-order valence-electron chi connectivity index (χ4n) is 5.86. The SMILES string of the molecule is COc1cccc2c1CCCC2N1CCC(n2c(=O)n(C(C)C(N)=O)c3ccccc32)CC1. The summed E-state index contributed by atoms with van der Waals surface area (Å²) in [6.07, 6.45) is 5.18. The van der Waals surface area contributed by atoms with Gasteiger partial charge >= 0.3 is 5.69 Å². The third kappa shape index (κ3) is 3.64. The molecule has 5 rings (SSSR count). The first-order chi connectivity index (χ1) is 16.0. The van der Waals surface area contributed by atoms with Crippen LogP contribution in [0.25, 0.3) is 11.0 Å². The molecule has 7 heteroatoms. The maximum Gasteiger partial charge on any atom is 0.330 e. The Morgan fingerprint density at radius 2 is 1.79 bits per heavy atom. The normalized spacial score (nSPS) is 20.5. The number of fused-ring (bicyclic) bond motifs is 2. The number of ether oxygens (including phenoxy) is 1. The monoisotopic (exact) mass is 448 g/mol. The summed E-state index contributed by atoms with van der Waals surface area (Å²) in [5.74, 6) is 0.497. The smallest absolute Gasteiger partial charge is 0.330 e. The number of hydrogen-bond acceptors (Lipinski definition) is 4. The van der Waals surface area contributed by atoms with Crippen LogP contribution in [0.4, 0.5) is 0 Å². The summed E-state index contributed by atoms with van der Waals surface area (Å²) < 4.78 is 9.07. The molecular formula is C26H32N4O3. The van der Waals surface area contributed by atoms with Gasteiger partial charge in [0, 0.05) is 25.2 Å². The first-order valence-electron chi connectivity index (χ1n) is 11.9. The van der Waals surface area contributed by atoms with Gasteiger partial charge < -0.3 is 10.5 Å². The quantitative estimate of drug-likeness (QED) is 0.647. The molecule has 1 fully saturated rings. The number of carbonyl (C=O) groups is 1. The van der Waals surface area contributed by atoms with Crippen LogP contribution in [0.5, 0.6) is 5.75 Å². The van der Waals surface area contributed by atoms with Gasteiger partial charge in [0.1, 0.15) is 11.8 Å². The molecule has 2 aliphatic rings. The van der Waals surface area contributed by atoms with Crippen molar-refractivity contribution in [2.24, 2.45) is 5.73 Å². The van der Waals surface area contributed by atoms with Gasteiger partial charge in [-0.2, -0.15) is 0 Å². The van der Waals surface area contributed by atoms with E-state index in [1.54, 1.807) is 18.6 Å². The molecule has 2 N–H and O–H groups in total. The van der Waals surface area contributed by atoms with Crippen LogP contribution in [0.3, 0.4) is 0 Å². The summed E-state index contributed by atoms with van der Waals surface area (Å²) in [5, 5.41) is 0. The lowest BCUT2D eigenvalue weighted by atomic mass is 9.85. The molecule has 0 radical (unpaired) electrons. The molecule has 3 aromatic rings. The number of imidazole rings is 1. The number of nitrogens with zero attached hydrogens (tertiary/aromatic N) is 3. The largest absolute Gasteiger partial charge is 0.496 e. The Morgan fingerprint density at radius 1 is 1.06 bits per heavy atom. The Kier molecular flexibility index (Phi) is 5.74. The van der Waals surface area contributed by atoms with E-state index in [4.69, 9.17) is 10.5 Å². The summed E-state index contributed by atoms with van der Waals surface area (Å²) >= 11 is 0. The van der Waals surface area contributed by atoms with E-state index in [1.807, 2.05) is 28.8 Å². The van der Waals surface area contributed by atoms with Crippen LogP contribution < -0.4 is 16.2 Å². The second kappa shape index (κ2) is 8.71. The number of aromatic nitrogens is 2. The van der Waals surface area contributed by atoms with Crippen LogP contribution in [0.1, 0.15) is 61.9 Å². The van der Waals surface area contributed by atoms with Crippen molar-refractivity contribution >= 4 is 16.9 Å². The molecule has 174 valence electrons. The van der Waals surface area contributed by atoms with Gasteiger partial charge in [-0.1, -0.05) is 24.3 Å². The van der Waals surface area contributed by atoms with Gasteiger partial charge in [-0.05, 0) is 68.4 Å². The lowest BCUT2D eigenvalue weighted by Gasteiger charge is -2.40. The minimum Gasteiger partial charge on any atom is -0.496 e. The van der Waals surface area contributed by atoms with Gasteiger partial charge in [0.25, 0.3) is 0 Å². The average molecular weight is 449 g/mol. The van der Waals surface area contributed by atoms with E-state index in [2.05, 4.69) is 23.1 Å². The molecule has 1 aliphatic carbocycles. The van der Waals surface area contributed by atoms with Crippen molar-refractivity contribution in [3.63, 3.8) is 0 Å². The maximum absolute atomic E-state index is 13.4. The molecule has 2 atom stereocenters. The van der Waals surface area contributed by atoms with Gasteiger partial charge in [-0.25, -0.2) is 4.79 Å². The van der Waals surface area contributed by atoms with Crippen LogP contribution in [-0.4, -0.2) is 40.1 Å². The number of rotatable bonds is 5. The number of benzene rings is 2. The van der Waals surface area contributed by atoms with Gasteiger partial charge in [0.15, 0.2) is 0 Å². The summed E-state index contributed by atoms with van der Waals surface area (Å²) in [4.78, 5) is 27.9. The van der Waals surface area contributed by atoms with E-state index >= 15 is 0 Å². The van der Waals surface area contributed by atoms with Crippen LogP contribution in [0, 0.1) is 0 Å². The van der Waals surface area contributed by atoms with E-state index in [0.29, 0.717) is 6.04 Å². The maximum atomic E-state index is 13.4. The average Bonchev–Trinajstić information content (AvgIpc) is 3.14. The highest BCUT2D eigenvalue weighted by Crippen LogP contribution is 2.40. The number of para-hydroxylation sites is 2. The fraction of sp³-hybridized carbons (Fsp3) is 0.462. The summed E-state index contributed by atoms with van der Waals surface area (Å²) in [6.45, 7) is 3.56. The molecule has 1 amide bonds. The molecule has 2 aromatic carbocycles. The molecule has 0 saturated carbocycles. The van der Waals surface area contributed by atoms with Crippen molar-refractivity contribution in [1.29, 1.82) is 0 Å². The van der Waals surface area contributed by atoms with Crippen molar-refractivity contribution in [3.8, 4) is 5.75 Å². The highest BCUT2D eigenvalue weighted by Gasteiger charge is 2.32. The first-order valence-corrected chi connectivity index (χ1v) is 11.9. The molecule has 1 aliphatic heterocycles. The number of amides is 1. The second-order valence-corrected chi connectivity index (χ2v) is 9.29. The molecule has 2 heterocycles. The fourth-order valence-corrected chi connectivity index (χ4v) is 5.86. The number of primary amides is 1. The van der Waals surface area contributed by atoms with Crippen LogP contribution >= 0.6 is 0 Å². The standard InChI is InChI=1S/C26H32N4O3/c1-17(25(27)31)29-22-9-3-4-10-23(22)30(26(29)32)18-13-15-28(16-14-18)21-11-5-8-20-19(21)7-6-12-24(20)33-2/h3-4,6-7,9-10,12,17-18,21H,5,8,11,13-16H2,1-2H3,(H2,27,31). The van der Waals surface area contributed by atoms with E-state index in [1.165, 1.54) is 11.1 Å². The molecule has 7 nitrogen and oxygen atoms in total. The summed E-state index contributed by atoms with van der Waals surface area (Å²) in [6, 6.07) is 13.9. The first kappa shape index (κ1) is 21.8. The number of likely N-dealkylation sites (tertiary alicyclic amines) is 1. The zero-order chi connectivity index (χ0) is 23.1. The zero-order valence-corrected chi connectivity index (χ0v) is 19.4. The number of methoxy groups -OCH3 is 1. The lowest BCUT2D eigenvalue weighted by molar-refractivity contribution is -0.120. The molecule has 0 bridgehead atoms. The van der Waals surface area contributed by atoms with E-state index < -0.39 is 11.9 Å². The van der Waals surface area contributed by atoms with E-state index in [-0.39, 0.29) is 11.7 Å². The third-order valence-electron chi connectivity index (χ3n) is 7.57. The predicted molar refractivity (Wildman–Crippen MR) is 129 cm³/mol. The highest BCUT2D eigenvalue weighted by atomic mass is 16.5. The van der Waals surface area contributed by atoms with Crippen LogP contribution in [0.2, 0.25) is 0 Å². The van der Waals surface area contributed by atoms with Gasteiger partial charge in [-0.15, -0.1) is 0 Å². The molecule has 33 heavy (non-hydrogen) atoms. The molecule has 1 aromatic heterocycles. The number of nitrogens with two attached hydrogens (primary N) is 1. The predicted octanol–water partition coefficient (Wildman–Crippen LogP) is 3.57. The Balaban J connectivity index is 1.42. The highest BCUT2D eigenvalue weighted by molar-refractivity contribution is 5.82. The Morgan fingerprint density at radius 3 is 2.48 bits per heavy atom. The molecule has 2 unspecified atom stereocenters. The van der Waals surface area contributed by atoms with Gasteiger partial charge in [0.05, 0.1) is 18.1 Å². The Labute approximate surface area is 193 Å². The zero-order valence-electron chi connectivity index (χ0n) is 19.4. The van der Waals surface area contributed by atoms with Crippen LogP contribution in [0.15, 0.2) is 47.3 Å². The summed E-state index contributed by atoms with van der Waals surface area (Å²) in [7, 11) is 1.75. The van der Waals surface area contributed by atoms with Crippen molar-refractivity contribution in [2.45, 2.75) is 57.2 Å². The van der Waals surface area contributed by atoms with Crippen molar-refractivity contribution < 1.29 is 9.53 Å². The summed E-state index contributed by atoms with van der Waals surface area (Å²) in [5.41, 5.74) is 9.79. The number of piperidine rings is 1. The Hall–Kier alpha value is -3.06. The number of carbonyl (C=O) groups excluding carboxylic acids is 1. The Bertz CT molecular complexity index is 1240. The topological polar surface area (TPSA) is 82.5 Å². The van der Waals surface area contributed by atoms with E-state index in [0.717, 1.165) is 62.0 Å². The van der Waals surface area contributed by atoms with Crippen LogP contribution in [-0.2, 0) is 11.2 Å². The third-order valence-corrected chi connectivity index (χ3v) is 7.57. The molecule has 0 spiro atoms. The lowest BCUT2D eigenvalue weighted by Crippen LogP contribution is -2.41. The van der Waals surface area contributed by atoms with E-state index in [9.17, 15) is 9.59 Å². The molecule has 1 saturated heterocycles. The van der Waals surface area contributed by atoms with Gasteiger partial charge in [-0.3, -0.25) is 18.8 Å².